The highest BCUT2D eigenvalue weighted by Gasteiger charge is 2.63. The lowest BCUT2D eigenvalue weighted by Crippen LogP contribution is -2.58. The van der Waals surface area contributed by atoms with Crippen LogP contribution in [-0.2, 0) is 14.3 Å². The van der Waals surface area contributed by atoms with E-state index in [0.29, 0.717) is 42.8 Å². The van der Waals surface area contributed by atoms with Crippen LogP contribution in [0.3, 0.4) is 0 Å². The van der Waals surface area contributed by atoms with Crippen molar-refractivity contribution in [2.24, 2.45) is 34.5 Å². The SMILES string of the molecule is COC(=O)O[C@H]1CC[C@@]2(C)C(=C[C@H](C)[C@@H]3C2C(O)C[C@]2(C)C(=O)CC[C@@H]32)C1. The number of methoxy groups -OCH3 is 1. The monoisotopic (exact) mass is 376 g/mol. The van der Waals surface area contributed by atoms with Crippen molar-refractivity contribution in [2.45, 2.75) is 71.5 Å². The van der Waals surface area contributed by atoms with Crippen molar-refractivity contribution in [1.82, 2.24) is 0 Å². The summed E-state index contributed by atoms with van der Waals surface area (Å²) in [6.45, 7) is 6.59. The summed E-state index contributed by atoms with van der Waals surface area (Å²) in [7, 11) is 1.33. The fraction of sp³-hybridized carbons (Fsp3) is 0.818. The predicted octanol–water partition coefficient (Wildman–Crippen LogP) is 3.89. The van der Waals surface area contributed by atoms with Crippen LogP contribution in [0.2, 0.25) is 0 Å². The fourth-order valence-corrected chi connectivity index (χ4v) is 7.15. The minimum Gasteiger partial charge on any atom is -0.438 e. The van der Waals surface area contributed by atoms with Gasteiger partial charge in [-0.1, -0.05) is 32.4 Å². The molecule has 0 amide bonds. The maximum atomic E-state index is 12.6. The van der Waals surface area contributed by atoms with Gasteiger partial charge in [-0.15, -0.1) is 0 Å². The summed E-state index contributed by atoms with van der Waals surface area (Å²) in [5.41, 5.74) is 0.866. The summed E-state index contributed by atoms with van der Waals surface area (Å²) >= 11 is 0. The van der Waals surface area contributed by atoms with E-state index in [1.54, 1.807) is 0 Å². The Kier molecular flexibility index (Phi) is 4.45. The second-order valence-corrected chi connectivity index (χ2v) is 9.77. The summed E-state index contributed by atoms with van der Waals surface area (Å²) in [6, 6.07) is 0. The third-order valence-electron chi connectivity index (χ3n) is 8.47. The highest BCUT2D eigenvalue weighted by atomic mass is 16.7. The molecule has 0 aromatic heterocycles. The topological polar surface area (TPSA) is 72.8 Å². The molecular formula is C22H32O5. The molecule has 4 aliphatic carbocycles. The normalized spacial score (nSPS) is 48.8. The molecule has 4 rings (SSSR count). The number of aliphatic hydroxyl groups is 1. The van der Waals surface area contributed by atoms with Crippen LogP contribution < -0.4 is 0 Å². The highest BCUT2D eigenvalue weighted by Crippen LogP contribution is 2.65. The molecule has 0 aliphatic heterocycles. The van der Waals surface area contributed by atoms with Gasteiger partial charge in [0.2, 0.25) is 0 Å². The van der Waals surface area contributed by atoms with Gasteiger partial charge in [0, 0.05) is 18.3 Å². The first kappa shape index (κ1) is 19.0. The zero-order chi connectivity index (χ0) is 19.6. The van der Waals surface area contributed by atoms with E-state index in [2.05, 4.69) is 31.6 Å². The van der Waals surface area contributed by atoms with Gasteiger partial charge >= 0.3 is 6.16 Å². The molecule has 0 heterocycles. The van der Waals surface area contributed by atoms with Gasteiger partial charge in [-0.2, -0.15) is 0 Å². The molecule has 8 atom stereocenters. The van der Waals surface area contributed by atoms with Crippen molar-refractivity contribution in [1.29, 1.82) is 0 Å². The average Bonchev–Trinajstić information content (AvgIpc) is 2.90. The average molecular weight is 376 g/mol. The van der Waals surface area contributed by atoms with Crippen molar-refractivity contribution in [3.05, 3.63) is 11.6 Å². The molecule has 0 aromatic carbocycles. The molecule has 3 fully saturated rings. The van der Waals surface area contributed by atoms with Crippen molar-refractivity contribution in [3.8, 4) is 0 Å². The molecule has 5 nitrogen and oxygen atoms in total. The Hall–Kier alpha value is -1.36. The highest BCUT2D eigenvalue weighted by molar-refractivity contribution is 5.87. The summed E-state index contributed by atoms with van der Waals surface area (Å²) in [4.78, 5) is 24.1. The van der Waals surface area contributed by atoms with E-state index >= 15 is 0 Å². The van der Waals surface area contributed by atoms with Crippen LogP contribution in [0, 0.1) is 34.5 Å². The van der Waals surface area contributed by atoms with E-state index in [0.717, 1.165) is 19.3 Å². The van der Waals surface area contributed by atoms with Crippen LogP contribution in [0.15, 0.2) is 11.6 Å². The fourth-order valence-electron chi connectivity index (χ4n) is 7.15. The van der Waals surface area contributed by atoms with Gasteiger partial charge in [0.25, 0.3) is 0 Å². The van der Waals surface area contributed by atoms with Crippen molar-refractivity contribution >= 4 is 11.9 Å². The van der Waals surface area contributed by atoms with Crippen molar-refractivity contribution in [3.63, 3.8) is 0 Å². The molecule has 3 saturated carbocycles. The second kappa shape index (κ2) is 6.33. The predicted molar refractivity (Wildman–Crippen MR) is 99.9 cm³/mol. The molecule has 1 N–H and O–H groups in total. The zero-order valence-corrected chi connectivity index (χ0v) is 16.9. The van der Waals surface area contributed by atoms with Crippen LogP contribution in [0.5, 0.6) is 0 Å². The number of rotatable bonds is 1. The molecule has 0 radical (unpaired) electrons. The van der Waals surface area contributed by atoms with E-state index in [1.807, 2.05) is 0 Å². The van der Waals surface area contributed by atoms with Crippen LogP contribution >= 0.6 is 0 Å². The molecule has 2 unspecified atom stereocenters. The molecule has 0 saturated heterocycles. The lowest BCUT2D eigenvalue weighted by Gasteiger charge is -2.60. The lowest BCUT2D eigenvalue weighted by molar-refractivity contribution is -0.149. The van der Waals surface area contributed by atoms with E-state index < -0.39 is 12.3 Å². The van der Waals surface area contributed by atoms with Gasteiger partial charge in [-0.05, 0) is 54.8 Å². The molecule has 27 heavy (non-hydrogen) atoms. The standard InChI is InChI=1S/C22H32O5/c1-12-9-13-10-14(27-20(25)26-4)7-8-21(13,2)19-16(23)11-22(3)15(18(12)19)5-6-17(22)24/h9,12,14-16,18-19,23H,5-8,10-11H2,1-4H3/t12-,14-,15-,16?,18-,19?,21-,22-/m0/s1. The van der Waals surface area contributed by atoms with Gasteiger partial charge in [0.05, 0.1) is 13.2 Å². The Balaban J connectivity index is 1.66. The van der Waals surface area contributed by atoms with Crippen LogP contribution in [0.4, 0.5) is 4.79 Å². The third kappa shape index (κ3) is 2.68. The number of fused-ring (bicyclic) bond motifs is 5. The zero-order valence-electron chi connectivity index (χ0n) is 16.9. The first-order valence-corrected chi connectivity index (χ1v) is 10.4. The Morgan fingerprint density at radius 1 is 1.26 bits per heavy atom. The van der Waals surface area contributed by atoms with Gasteiger partial charge in [-0.3, -0.25) is 4.79 Å². The summed E-state index contributed by atoms with van der Waals surface area (Å²) in [5.74, 6) is 1.55. The first-order chi connectivity index (χ1) is 12.7. The maximum absolute atomic E-state index is 12.6. The minimum atomic E-state index is -0.621. The van der Waals surface area contributed by atoms with Crippen LogP contribution in [0.1, 0.15) is 59.3 Å². The van der Waals surface area contributed by atoms with Crippen LogP contribution in [-0.4, -0.2) is 36.4 Å². The summed E-state index contributed by atoms with van der Waals surface area (Å²) in [6.07, 6.45) is 5.73. The number of ether oxygens (including phenoxy) is 2. The van der Waals surface area contributed by atoms with Crippen molar-refractivity contribution in [2.75, 3.05) is 7.11 Å². The number of aliphatic hydroxyl groups excluding tert-OH is 1. The second-order valence-electron chi connectivity index (χ2n) is 9.77. The lowest BCUT2D eigenvalue weighted by atomic mass is 9.45. The van der Waals surface area contributed by atoms with Gasteiger partial charge in [0.1, 0.15) is 11.9 Å². The van der Waals surface area contributed by atoms with Gasteiger partial charge in [-0.25, -0.2) is 4.79 Å². The quantitative estimate of drug-likeness (QED) is 0.555. The number of carbonyl (C=O) groups excluding carboxylic acids is 2. The molecular weight excluding hydrogens is 344 g/mol. The Labute approximate surface area is 161 Å². The molecule has 0 bridgehead atoms. The number of allylic oxidation sites excluding steroid dienone is 1. The maximum Gasteiger partial charge on any atom is 0.508 e. The molecule has 5 heteroatoms. The number of ketones is 1. The van der Waals surface area contributed by atoms with Crippen LogP contribution in [0.25, 0.3) is 0 Å². The Bertz CT molecular complexity index is 684. The van der Waals surface area contributed by atoms with E-state index in [9.17, 15) is 14.7 Å². The Morgan fingerprint density at radius 2 is 2.00 bits per heavy atom. The molecule has 4 aliphatic rings. The largest absolute Gasteiger partial charge is 0.508 e. The number of carbonyl (C=O) groups is 2. The molecule has 0 spiro atoms. The third-order valence-corrected chi connectivity index (χ3v) is 8.47. The van der Waals surface area contributed by atoms with E-state index in [4.69, 9.17) is 4.74 Å². The Morgan fingerprint density at radius 3 is 2.70 bits per heavy atom. The minimum absolute atomic E-state index is 0.0838. The number of hydrogen-bond acceptors (Lipinski definition) is 5. The number of Topliss-reactive ketones (excluding diaryl/α,β-unsaturated/α-hetero) is 1. The van der Waals surface area contributed by atoms with Gasteiger partial charge < -0.3 is 14.6 Å². The van der Waals surface area contributed by atoms with Crippen molar-refractivity contribution < 1.29 is 24.2 Å². The van der Waals surface area contributed by atoms with Gasteiger partial charge in [0.15, 0.2) is 0 Å². The summed E-state index contributed by atoms with van der Waals surface area (Å²) < 4.78 is 10.1. The number of hydrogen-bond donors (Lipinski definition) is 1. The molecule has 150 valence electrons. The summed E-state index contributed by atoms with van der Waals surface area (Å²) in [5, 5.41) is 11.2. The molecule has 0 aromatic rings. The first-order valence-electron chi connectivity index (χ1n) is 10.4. The van der Waals surface area contributed by atoms with E-state index in [1.165, 1.54) is 12.7 Å². The smallest absolute Gasteiger partial charge is 0.438 e. The van der Waals surface area contributed by atoms with E-state index in [-0.39, 0.29) is 22.9 Å².